The number of thioether (sulfide) groups is 1. The van der Waals surface area contributed by atoms with Crippen molar-refractivity contribution in [3.05, 3.63) is 64.7 Å². The van der Waals surface area contributed by atoms with E-state index in [0.29, 0.717) is 5.92 Å². The normalized spacial score (nSPS) is 18.8. The summed E-state index contributed by atoms with van der Waals surface area (Å²) in [6, 6.07) is 17.1. The van der Waals surface area contributed by atoms with Crippen molar-refractivity contribution in [2.45, 2.75) is 23.8 Å². The van der Waals surface area contributed by atoms with Crippen LogP contribution in [0.2, 0.25) is 5.02 Å². The summed E-state index contributed by atoms with van der Waals surface area (Å²) in [4.78, 5) is 1.43. The van der Waals surface area contributed by atoms with E-state index in [4.69, 9.17) is 11.6 Å². The van der Waals surface area contributed by atoms with Crippen molar-refractivity contribution in [1.82, 2.24) is 5.32 Å². The molecule has 0 aliphatic carbocycles. The fourth-order valence-electron chi connectivity index (χ4n) is 2.65. The van der Waals surface area contributed by atoms with Gasteiger partial charge in [0.2, 0.25) is 0 Å². The van der Waals surface area contributed by atoms with Crippen LogP contribution < -0.4 is 5.32 Å². The minimum atomic E-state index is 0.279. The summed E-state index contributed by atoms with van der Waals surface area (Å²) >= 11 is 8.21. The van der Waals surface area contributed by atoms with Crippen molar-refractivity contribution in [1.29, 1.82) is 0 Å². The molecule has 0 spiro atoms. The zero-order valence-electron chi connectivity index (χ0n) is 11.5. The molecule has 2 atom stereocenters. The van der Waals surface area contributed by atoms with Gasteiger partial charge in [-0.3, -0.25) is 0 Å². The zero-order chi connectivity index (χ0) is 13.9. The van der Waals surface area contributed by atoms with Crippen LogP contribution >= 0.6 is 23.4 Å². The molecule has 1 N–H and O–H groups in total. The Balaban J connectivity index is 1.65. The molecule has 104 valence electrons. The van der Waals surface area contributed by atoms with Crippen LogP contribution in [0.5, 0.6) is 0 Å². The molecule has 0 aromatic heterocycles. The van der Waals surface area contributed by atoms with E-state index in [1.807, 2.05) is 30.0 Å². The highest BCUT2D eigenvalue weighted by Crippen LogP contribution is 2.39. The number of halogens is 1. The van der Waals surface area contributed by atoms with Gasteiger partial charge in [-0.2, -0.15) is 0 Å². The molecule has 1 aliphatic rings. The monoisotopic (exact) mass is 303 g/mol. The van der Waals surface area contributed by atoms with E-state index in [1.54, 1.807) is 0 Å². The third-order valence-electron chi connectivity index (χ3n) is 3.84. The zero-order valence-corrected chi connectivity index (χ0v) is 13.0. The Morgan fingerprint density at radius 1 is 1.20 bits per heavy atom. The second-order valence-corrected chi connectivity index (χ2v) is 6.67. The van der Waals surface area contributed by atoms with Crippen molar-refractivity contribution in [3.8, 4) is 0 Å². The smallest absolute Gasteiger partial charge is 0.0453 e. The molecule has 3 rings (SSSR count). The topological polar surface area (TPSA) is 12.0 Å². The molecule has 2 aromatic carbocycles. The van der Waals surface area contributed by atoms with E-state index >= 15 is 0 Å². The minimum absolute atomic E-state index is 0.279. The summed E-state index contributed by atoms with van der Waals surface area (Å²) in [7, 11) is 0. The van der Waals surface area contributed by atoms with Crippen LogP contribution in [0.4, 0.5) is 0 Å². The molecule has 20 heavy (non-hydrogen) atoms. The summed E-state index contributed by atoms with van der Waals surface area (Å²) in [6.07, 6.45) is 0. The van der Waals surface area contributed by atoms with Gasteiger partial charge in [0.15, 0.2) is 0 Å². The third-order valence-corrected chi connectivity index (χ3v) is 5.44. The van der Waals surface area contributed by atoms with Gasteiger partial charge in [0.05, 0.1) is 0 Å². The summed E-state index contributed by atoms with van der Waals surface area (Å²) in [5, 5.41) is 4.47. The van der Waals surface area contributed by atoms with Gasteiger partial charge in [0.25, 0.3) is 0 Å². The summed E-state index contributed by atoms with van der Waals surface area (Å²) in [5.74, 6) is 1.77. The third kappa shape index (κ3) is 2.88. The van der Waals surface area contributed by atoms with Crippen LogP contribution in [0.25, 0.3) is 0 Å². The molecule has 0 saturated heterocycles. The van der Waals surface area contributed by atoms with Crippen molar-refractivity contribution in [2.24, 2.45) is 0 Å². The van der Waals surface area contributed by atoms with E-state index in [-0.39, 0.29) is 6.04 Å². The van der Waals surface area contributed by atoms with Crippen LogP contribution in [0, 0.1) is 0 Å². The fraction of sp³-hybridized carbons (Fsp3) is 0.294. The second kappa shape index (κ2) is 6.21. The number of benzene rings is 2. The molecule has 0 fully saturated rings. The molecule has 1 unspecified atom stereocenters. The molecule has 0 amide bonds. The Labute approximate surface area is 129 Å². The lowest BCUT2D eigenvalue weighted by Crippen LogP contribution is -2.25. The Hall–Kier alpha value is -0.960. The molecule has 3 heteroatoms. The first-order valence-electron chi connectivity index (χ1n) is 6.95. The van der Waals surface area contributed by atoms with Crippen LogP contribution in [0.1, 0.15) is 30.0 Å². The predicted octanol–water partition coefficient (Wildman–Crippen LogP) is 4.88. The summed E-state index contributed by atoms with van der Waals surface area (Å²) < 4.78 is 0. The SMILES string of the molecule is C[C@H](NCC1CSc2ccccc21)c1ccccc1Cl. The first kappa shape index (κ1) is 14.0. The van der Waals surface area contributed by atoms with Crippen LogP contribution in [-0.4, -0.2) is 12.3 Å². The first-order chi connectivity index (χ1) is 9.75. The van der Waals surface area contributed by atoms with Gasteiger partial charge in [0.1, 0.15) is 0 Å². The van der Waals surface area contributed by atoms with Crippen molar-refractivity contribution in [2.75, 3.05) is 12.3 Å². The van der Waals surface area contributed by atoms with Crippen LogP contribution in [0.15, 0.2) is 53.4 Å². The molecule has 0 radical (unpaired) electrons. The molecule has 2 aromatic rings. The molecular formula is C17H18ClNS. The van der Waals surface area contributed by atoms with E-state index in [0.717, 1.165) is 11.6 Å². The highest BCUT2D eigenvalue weighted by molar-refractivity contribution is 7.99. The fourth-order valence-corrected chi connectivity index (χ4v) is 4.21. The Kier molecular flexibility index (Phi) is 4.35. The number of nitrogens with one attached hydrogen (secondary N) is 1. The van der Waals surface area contributed by atoms with Gasteiger partial charge in [-0.05, 0) is 30.2 Å². The number of hydrogen-bond donors (Lipinski definition) is 1. The van der Waals surface area contributed by atoms with Gasteiger partial charge in [-0.1, -0.05) is 48.0 Å². The standard InChI is InChI=1S/C17H18ClNS/c1-12(14-6-2-4-8-16(14)18)19-10-13-11-20-17-9-5-3-7-15(13)17/h2-9,12-13,19H,10-11H2,1H3/t12-,13?/m0/s1. The van der Waals surface area contributed by atoms with E-state index < -0.39 is 0 Å². The van der Waals surface area contributed by atoms with Gasteiger partial charge in [-0.25, -0.2) is 0 Å². The lowest BCUT2D eigenvalue weighted by molar-refractivity contribution is 0.541. The maximum atomic E-state index is 6.25. The average molecular weight is 304 g/mol. The largest absolute Gasteiger partial charge is 0.310 e. The maximum absolute atomic E-state index is 6.25. The van der Waals surface area contributed by atoms with Gasteiger partial charge in [-0.15, -0.1) is 11.8 Å². The Bertz CT molecular complexity index is 599. The maximum Gasteiger partial charge on any atom is 0.0453 e. The molecular weight excluding hydrogens is 286 g/mol. The number of rotatable bonds is 4. The Morgan fingerprint density at radius 3 is 2.80 bits per heavy atom. The lowest BCUT2D eigenvalue weighted by atomic mass is 10.0. The van der Waals surface area contributed by atoms with Crippen LogP contribution in [0.3, 0.4) is 0 Å². The summed E-state index contributed by atoms with van der Waals surface area (Å²) in [5.41, 5.74) is 2.66. The molecule has 1 heterocycles. The minimum Gasteiger partial charge on any atom is -0.310 e. The van der Waals surface area contributed by atoms with Gasteiger partial charge < -0.3 is 5.32 Å². The van der Waals surface area contributed by atoms with Crippen molar-refractivity contribution < 1.29 is 0 Å². The highest BCUT2D eigenvalue weighted by atomic mass is 35.5. The number of hydrogen-bond acceptors (Lipinski definition) is 2. The van der Waals surface area contributed by atoms with Crippen molar-refractivity contribution >= 4 is 23.4 Å². The van der Waals surface area contributed by atoms with E-state index in [9.17, 15) is 0 Å². The highest BCUT2D eigenvalue weighted by Gasteiger charge is 2.23. The Morgan fingerprint density at radius 2 is 1.95 bits per heavy atom. The summed E-state index contributed by atoms with van der Waals surface area (Å²) in [6.45, 7) is 3.17. The second-order valence-electron chi connectivity index (χ2n) is 5.20. The van der Waals surface area contributed by atoms with Crippen molar-refractivity contribution in [3.63, 3.8) is 0 Å². The molecule has 0 bridgehead atoms. The number of fused-ring (bicyclic) bond motifs is 1. The van der Waals surface area contributed by atoms with Gasteiger partial charge in [0, 0.05) is 34.2 Å². The van der Waals surface area contributed by atoms with E-state index in [2.05, 4.69) is 42.6 Å². The molecule has 1 nitrogen and oxygen atoms in total. The van der Waals surface area contributed by atoms with Gasteiger partial charge >= 0.3 is 0 Å². The lowest BCUT2D eigenvalue weighted by Gasteiger charge is -2.19. The van der Waals surface area contributed by atoms with E-state index in [1.165, 1.54) is 21.8 Å². The quantitative estimate of drug-likeness (QED) is 0.864. The van der Waals surface area contributed by atoms with Crippen LogP contribution in [-0.2, 0) is 0 Å². The molecule has 0 saturated carbocycles. The molecule has 1 aliphatic heterocycles. The predicted molar refractivity (Wildman–Crippen MR) is 87.8 cm³/mol. The first-order valence-corrected chi connectivity index (χ1v) is 8.31. The average Bonchev–Trinajstić information content (AvgIpc) is 2.88.